The lowest BCUT2D eigenvalue weighted by atomic mass is 10.2. The van der Waals surface area contributed by atoms with E-state index in [1.54, 1.807) is 31.2 Å². The Balaban J connectivity index is 0.00000370. The van der Waals surface area contributed by atoms with E-state index < -0.39 is 7.26 Å². The van der Waals surface area contributed by atoms with Gasteiger partial charge in [0.05, 0.1) is 29.7 Å². The molecule has 0 spiro atoms. The molecule has 0 fully saturated rings. The van der Waals surface area contributed by atoms with Gasteiger partial charge in [0.25, 0.3) is 0 Å². The zero-order valence-electron chi connectivity index (χ0n) is 22.2. The van der Waals surface area contributed by atoms with Crippen molar-refractivity contribution in [1.82, 2.24) is 0 Å². The zero-order valence-corrected chi connectivity index (χ0v) is 24.7. The van der Waals surface area contributed by atoms with Crippen molar-refractivity contribution in [2.75, 3.05) is 6.61 Å². The molecule has 0 heterocycles. The number of esters is 1. The van der Waals surface area contributed by atoms with Crippen LogP contribution in [0.3, 0.4) is 0 Å². The van der Waals surface area contributed by atoms with Crippen LogP contribution in [0.25, 0.3) is 0 Å². The van der Waals surface area contributed by atoms with Crippen LogP contribution in [0.15, 0.2) is 150 Å². The van der Waals surface area contributed by atoms with Crippen molar-refractivity contribution in [3.63, 3.8) is 0 Å². The molecule has 0 N–H and O–H groups in total. The van der Waals surface area contributed by atoms with Crippen molar-refractivity contribution in [2.45, 2.75) is 13.1 Å². The van der Waals surface area contributed by atoms with E-state index in [1.165, 1.54) is 21.5 Å². The fourth-order valence-corrected chi connectivity index (χ4v) is 8.95. The minimum Gasteiger partial charge on any atom is -1.00 e. The van der Waals surface area contributed by atoms with Crippen LogP contribution in [0.2, 0.25) is 0 Å². The van der Waals surface area contributed by atoms with E-state index in [2.05, 4.69) is 113 Å². The lowest BCUT2D eigenvalue weighted by molar-refractivity contribution is -0.0000256. The lowest BCUT2D eigenvalue weighted by Crippen LogP contribution is -3.00. The molecule has 40 heavy (non-hydrogen) atoms. The standard InChI is InChI=1S/C34H30N2O2P.BrH/c1-2-38-34(37)28-20-24-30(25-21-28)36-35-29-22-18-27(19-23-29)26-39(31-12-6-3-7-13-31,32-14-8-4-9-15-32)33-16-10-5-11-17-33;/h3-25H,2,26H2,1H3;1H/q+1;/p-1. The number of carbonyl (C=O) groups excluding carboxylic acids is 1. The largest absolute Gasteiger partial charge is 1.00 e. The maximum Gasteiger partial charge on any atom is 0.338 e. The number of halogens is 1. The van der Waals surface area contributed by atoms with Gasteiger partial charge in [-0.1, -0.05) is 66.7 Å². The third-order valence-electron chi connectivity index (χ3n) is 6.61. The molecule has 6 heteroatoms. The van der Waals surface area contributed by atoms with Crippen LogP contribution in [0, 0.1) is 0 Å². The summed E-state index contributed by atoms with van der Waals surface area (Å²) < 4.78 is 5.04. The van der Waals surface area contributed by atoms with Gasteiger partial charge in [0.15, 0.2) is 0 Å². The number of azo groups is 1. The van der Waals surface area contributed by atoms with Crippen molar-refractivity contribution in [2.24, 2.45) is 10.2 Å². The van der Waals surface area contributed by atoms with Gasteiger partial charge in [-0.15, -0.1) is 0 Å². The Morgan fingerprint density at radius 3 is 1.40 bits per heavy atom. The number of rotatable bonds is 9. The predicted molar refractivity (Wildman–Crippen MR) is 162 cm³/mol. The molecule has 0 aliphatic carbocycles. The van der Waals surface area contributed by atoms with Gasteiger partial charge in [-0.25, -0.2) is 4.79 Å². The third-order valence-corrected chi connectivity index (χ3v) is 11.0. The maximum atomic E-state index is 11.9. The van der Waals surface area contributed by atoms with Crippen LogP contribution in [-0.2, 0) is 10.9 Å². The molecule has 5 aromatic rings. The summed E-state index contributed by atoms with van der Waals surface area (Å²) in [6.45, 7) is 2.14. The Kier molecular flexibility index (Phi) is 10.1. The molecule has 0 amide bonds. The highest BCUT2D eigenvalue weighted by atomic mass is 79.9. The number of hydrogen-bond donors (Lipinski definition) is 0. The molecular formula is C34H30BrN2O2P. The molecule has 0 saturated carbocycles. The molecule has 0 radical (unpaired) electrons. The first-order chi connectivity index (χ1) is 19.2. The fraction of sp³-hybridized carbons (Fsp3) is 0.0882. The molecule has 0 saturated heterocycles. The van der Waals surface area contributed by atoms with Gasteiger partial charge >= 0.3 is 5.97 Å². The fourth-order valence-electron chi connectivity index (χ4n) is 4.70. The summed E-state index contributed by atoms with van der Waals surface area (Å²) in [5.74, 6) is -0.336. The van der Waals surface area contributed by atoms with Crippen molar-refractivity contribution < 1.29 is 26.5 Å². The van der Waals surface area contributed by atoms with Crippen LogP contribution in [-0.4, -0.2) is 12.6 Å². The van der Waals surface area contributed by atoms with Crippen LogP contribution in [0.4, 0.5) is 11.4 Å². The number of hydrogen-bond acceptors (Lipinski definition) is 4. The van der Waals surface area contributed by atoms with E-state index in [1.807, 2.05) is 12.1 Å². The maximum absolute atomic E-state index is 11.9. The van der Waals surface area contributed by atoms with E-state index in [9.17, 15) is 4.79 Å². The quantitative estimate of drug-likeness (QED) is 0.137. The van der Waals surface area contributed by atoms with Crippen molar-refractivity contribution >= 4 is 40.5 Å². The summed E-state index contributed by atoms with van der Waals surface area (Å²) in [6, 6.07) is 48.0. The Morgan fingerprint density at radius 1 is 0.600 bits per heavy atom. The third kappa shape index (κ3) is 6.62. The molecular weight excluding hydrogens is 579 g/mol. The minimum absolute atomic E-state index is 0. The summed E-state index contributed by atoms with van der Waals surface area (Å²) in [5.41, 5.74) is 3.20. The van der Waals surface area contributed by atoms with E-state index in [0.29, 0.717) is 17.9 Å². The highest BCUT2D eigenvalue weighted by Crippen LogP contribution is 2.58. The van der Waals surface area contributed by atoms with E-state index in [4.69, 9.17) is 4.74 Å². The van der Waals surface area contributed by atoms with Crippen LogP contribution in [0.5, 0.6) is 0 Å². The molecule has 0 unspecified atom stereocenters. The molecule has 0 bridgehead atoms. The van der Waals surface area contributed by atoms with Gasteiger partial charge in [-0.05, 0) is 85.3 Å². The summed E-state index contributed by atoms with van der Waals surface area (Å²) in [4.78, 5) is 11.9. The second kappa shape index (κ2) is 13.9. The topological polar surface area (TPSA) is 51.0 Å². The average Bonchev–Trinajstić information content (AvgIpc) is 3.01. The predicted octanol–water partition coefficient (Wildman–Crippen LogP) is 4.78. The normalized spacial score (nSPS) is 11.1. The van der Waals surface area contributed by atoms with E-state index in [-0.39, 0.29) is 23.0 Å². The Labute approximate surface area is 246 Å². The first-order valence-corrected chi connectivity index (χ1v) is 15.0. The number of nitrogens with zero attached hydrogens (tertiary/aromatic N) is 2. The van der Waals surface area contributed by atoms with E-state index >= 15 is 0 Å². The van der Waals surface area contributed by atoms with Gasteiger partial charge < -0.3 is 21.7 Å². The van der Waals surface area contributed by atoms with Crippen molar-refractivity contribution in [3.8, 4) is 0 Å². The highest BCUT2D eigenvalue weighted by molar-refractivity contribution is 7.95. The Morgan fingerprint density at radius 2 is 1.00 bits per heavy atom. The number of ether oxygens (including phenoxy) is 1. The molecule has 5 rings (SSSR count). The first-order valence-electron chi connectivity index (χ1n) is 13.0. The molecule has 4 nitrogen and oxygen atoms in total. The second-order valence-electron chi connectivity index (χ2n) is 9.11. The van der Waals surface area contributed by atoms with Gasteiger partial charge in [0.2, 0.25) is 0 Å². The van der Waals surface area contributed by atoms with E-state index in [0.717, 1.165) is 11.8 Å². The highest BCUT2D eigenvalue weighted by Gasteiger charge is 2.45. The number of carbonyl (C=O) groups is 1. The molecule has 200 valence electrons. The van der Waals surface area contributed by atoms with Gasteiger partial charge in [0, 0.05) is 0 Å². The molecule has 0 aliphatic rings. The van der Waals surface area contributed by atoms with Crippen molar-refractivity contribution in [1.29, 1.82) is 0 Å². The molecule has 0 atom stereocenters. The Hall–Kier alpha value is -3.92. The molecule has 0 aromatic heterocycles. The monoisotopic (exact) mass is 608 g/mol. The van der Waals surface area contributed by atoms with Crippen molar-refractivity contribution in [3.05, 3.63) is 151 Å². The molecule has 0 aliphatic heterocycles. The smallest absolute Gasteiger partial charge is 0.338 e. The van der Waals surface area contributed by atoms with Gasteiger partial charge in [-0.3, -0.25) is 0 Å². The Bertz CT molecular complexity index is 1430. The molecule has 5 aromatic carbocycles. The van der Waals surface area contributed by atoms with Crippen LogP contribution in [0.1, 0.15) is 22.8 Å². The van der Waals surface area contributed by atoms with Gasteiger partial charge in [-0.2, -0.15) is 10.2 Å². The first kappa shape index (κ1) is 29.1. The van der Waals surface area contributed by atoms with Gasteiger partial charge in [0.1, 0.15) is 23.2 Å². The van der Waals surface area contributed by atoms with Crippen LogP contribution < -0.4 is 32.9 Å². The second-order valence-corrected chi connectivity index (χ2v) is 12.6. The minimum atomic E-state index is -1.96. The number of benzene rings is 5. The summed E-state index contributed by atoms with van der Waals surface area (Å²) >= 11 is 0. The lowest BCUT2D eigenvalue weighted by Gasteiger charge is -2.27. The SMILES string of the molecule is CCOC(=O)c1ccc(N=Nc2ccc(C[P+](c3ccccc3)(c3ccccc3)c3ccccc3)cc2)cc1.[Br-]. The summed E-state index contributed by atoms with van der Waals surface area (Å²) in [7, 11) is -1.96. The van der Waals surface area contributed by atoms with Crippen LogP contribution >= 0.6 is 7.26 Å². The summed E-state index contributed by atoms with van der Waals surface area (Å²) in [6.07, 6.45) is 0.901. The zero-order chi connectivity index (χ0) is 26.9. The average molecular weight is 610 g/mol. The summed E-state index contributed by atoms with van der Waals surface area (Å²) in [5, 5.41) is 12.8.